The summed E-state index contributed by atoms with van der Waals surface area (Å²) in [5.74, 6) is 1.01. The number of methoxy groups -OCH3 is 2. The van der Waals surface area contributed by atoms with Crippen LogP contribution in [0.3, 0.4) is 0 Å². The summed E-state index contributed by atoms with van der Waals surface area (Å²) in [7, 11) is 2.99. The first-order valence-electron chi connectivity index (χ1n) is 5.13. The molecule has 0 aliphatic rings. The lowest BCUT2D eigenvalue weighted by Crippen LogP contribution is -2.01. The van der Waals surface area contributed by atoms with Crippen LogP contribution in [0.4, 0.5) is 5.69 Å². The zero-order valence-corrected chi connectivity index (χ0v) is 10.4. The maximum atomic E-state index is 8.92. The van der Waals surface area contributed by atoms with E-state index in [-0.39, 0.29) is 11.3 Å². The fourth-order valence-electron chi connectivity index (χ4n) is 1.34. The zero-order valence-electron chi connectivity index (χ0n) is 10.4. The average Bonchev–Trinajstić information content (AvgIpc) is 2.46. The molecule has 1 N–H and O–H groups in total. The molecule has 0 aliphatic heterocycles. The van der Waals surface area contributed by atoms with E-state index >= 15 is 0 Å². The van der Waals surface area contributed by atoms with Crippen molar-refractivity contribution in [2.24, 2.45) is 0 Å². The first-order valence-corrected chi connectivity index (χ1v) is 5.13. The van der Waals surface area contributed by atoms with E-state index in [0.717, 1.165) is 0 Å². The van der Waals surface area contributed by atoms with Gasteiger partial charge in [-0.25, -0.2) is 0 Å². The lowest BCUT2D eigenvalue weighted by molar-refractivity contribution is 0.355. The number of nitrogens with one attached hydrogen (secondary N) is 1. The Morgan fingerprint density at radius 3 is 2.11 bits per heavy atom. The molecule has 0 aromatic heterocycles. The molecule has 0 unspecified atom stereocenters. The first-order chi connectivity index (χ1) is 9.19. The summed E-state index contributed by atoms with van der Waals surface area (Å²) in [6, 6.07) is 9.96. The maximum absolute atomic E-state index is 8.92. The standard InChI is InChI=1S/C13H10N4O2/c1-18-12-4-3-10(5-13(12)19-2)17-11(8-16)9(6-14)7-15/h3-5,17H,1-2H3. The molecule has 0 fully saturated rings. The highest BCUT2D eigenvalue weighted by Crippen LogP contribution is 2.30. The van der Waals surface area contributed by atoms with Crippen LogP contribution < -0.4 is 14.8 Å². The summed E-state index contributed by atoms with van der Waals surface area (Å²) >= 11 is 0. The van der Waals surface area contributed by atoms with E-state index in [1.807, 2.05) is 0 Å². The minimum Gasteiger partial charge on any atom is -0.493 e. The third-order valence-corrected chi connectivity index (χ3v) is 2.24. The lowest BCUT2D eigenvalue weighted by atomic mass is 10.2. The molecule has 0 spiro atoms. The van der Waals surface area contributed by atoms with Gasteiger partial charge in [0.2, 0.25) is 0 Å². The number of allylic oxidation sites excluding steroid dienone is 2. The number of rotatable bonds is 4. The third kappa shape index (κ3) is 3.15. The van der Waals surface area contributed by atoms with Crippen LogP contribution in [-0.2, 0) is 0 Å². The summed E-state index contributed by atoms with van der Waals surface area (Å²) in [5, 5.41) is 29.1. The van der Waals surface area contributed by atoms with Gasteiger partial charge in [-0.2, -0.15) is 15.8 Å². The number of hydrogen-bond acceptors (Lipinski definition) is 6. The monoisotopic (exact) mass is 254 g/mol. The van der Waals surface area contributed by atoms with Crippen molar-refractivity contribution in [2.45, 2.75) is 0 Å². The van der Waals surface area contributed by atoms with Crippen LogP contribution in [-0.4, -0.2) is 14.2 Å². The van der Waals surface area contributed by atoms with E-state index < -0.39 is 0 Å². The summed E-state index contributed by atoms with van der Waals surface area (Å²) in [4.78, 5) is 0. The van der Waals surface area contributed by atoms with Gasteiger partial charge in [0.15, 0.2) is 17.1 Å². The molecule has 1 aromatic carbocycles. The summed E-state index contributed by atoms with van der Waals surface area (Å²) in [6.07, 6.45) is 0. The predicted molar refractivity (Wildman–Crippen MR) is 67.0 cm³/mol. The zero-order chi connectivity index (χ0) is 14.3. The molecule has 0 radical (unpaired) electrons. The molecule has 1 aromatic rings. The van der Waals surface area contributed by atoms with Crippen molar-refractivity contribution < 1.29 is 9.47 Å². The van der Waals surface area contributed by atoms with Gasteiger partial charge in [-0.3, -0.25) is 0 Å². The van der Waals surface area contributed by atoms with Crippen LogP contribution in [0, 0.1) is 34.0 Å². The molecule has 6 heteroatoms. The Labute approximate surface area is 110 Å². The van der Waals surface area contributed by atoms with Crippen molar-refractivity contribution >= 4 is 5.69 Å². The van der Waals surface area contributed by atoms with E-state index in [0.29, 0.717) is 17.2 Å². The molecule has 0 amide bonds. The summed E-state index contributed by atoms with van der Waals surface area (Å²) in [6.45, 7) is 0. The van der Waals surface area contributed by atoms with E-state index in [4.69, 9.17) is 25.3 Å². The number of anilines is 1. The minimum atomic E-state index is -0.280. The van der Waals surface area contributed by atoms with E-state index in [2.05, 4.69) is 5.32 Å². The molecular weight excluding hydrogens is 244 g/mol. The van der Waals surface area contributed by atoms with Crippen molar-refractivity contribution in [1.29, 1.82) is 15.8 Å². The first kappa shape index (κ1) is 13.9. The molecule has 0 atom stereocenters. The molecule has 0 heterocycles. The Morgan fingerprint density at radius 1 is 1.00 bits per heavy atom. The quantitative estimate of drug-likeness (QED) is 0.824. The van der Waals surface area contributed by atoms with Gasteiger partial charge in [0, 0.05) is 11.8 Å². The Bertz CT molecular complexity index is 614. The van der Waals surface area contributed by atoms with Crippen LogP contribution >= 0.6 is 0 Å². The smallest absolute Gasteiger partial charge is 0.163 e. The van der Waals surface area contributed by atoms with Gasteiger partial charge in [-0.1, -0.05) is 0 Å². The SMILES string of the molecule is COc1ccc(NC(C#N)=C(C#N)C#N)cc1OC. The Kier molecular flexibility index (Phi) is 4.78. The molecule has 0 saturated carbocycles. The van der Waals surface area contributed by atoms with Crippen molar-refractivity contribution in [1.82, 2.24) is 0 Å². The van der Waals surface area contributed by atoms with Gasteiger partial charge in [0.1, 0.15) is 23.9 Å². The Hall–Kier alpha value is -3.17. The van der Waals surface area contributed by atoms with Crippen molar-refractivity contribution in [3.05, 3.63) is 29.5 Å². The van der Waals surface area contributed by atoms with E-state index in [1.165, 1.54) is 14.2 Å². The average molecular weight is 254 g/mol. The molecule has 1 rings (SSSR count). The van der Waals surface area contributed by atoms with Gasteiger partial charge in [0.25, 0.3) is 0 Å². The third-order valence-electron chi connectivity index (χ3n) is 2.24. The lowest BCUT2D eigenvalue weighted by Gasteiger charge is -2.10. The van der Waals surface area contributed by atoms with Gasteiger partial charge in [-0.05, 0) is 12.1 Å². The van der Waals surface area contributed by atoms with Crippen molar-refractivity contribution in [3.63, 3.8) is 0 Å². The Balaban J connectivity index is 3.15. The molecule has 0 saturated heterocycles. The van der Waals surface area contributed by atoms with E-state index in [9.17, 15) is 0 Å². The molecule has 0 bridgehead atoms. The highest BCUT2D eigenvalue weighted by molar-refractivity contribution is 5.62. The number of ether oxygens (including phenoxy) is 2. The topological polar surface area (TPSA) is 102 Å². The Morgan fingerprint density at radius 2 is 1.63 bits per heavy atom. The number of benzene rings is 1. The highest BCUT2D eigenvalue weighted by atomic mass is 16.5. The fraction of sp³-hybridized carbons (Fsp3) is 0.154. The van der Waals surface area contributed by atoms with Crippen LogP contribution in [0.2, 0.25) is 0 Å². The molecular formula is C13H10N4O2. The van der Waals surface area contributed by atoms with Gasteiger partial charge >= 0.3 is 0 Å². The van der Waals surface area contributed by atoms with Crippen LogP contribution in [0.5, 0.6) is 11.5 Å². The molecule has 94 valence electrons. The van der Waals surface area contributed by atoms with Gasteiger partial charge in [0.05, 0.1) is 14.2 Å². The second-order valence-electron chi connectivity index (χ2n) is 3.28. The molecule has 6 nitrogen and oxygen atoms in total. The predicted octanol–water partition coefficient (Wildman–Crippen LogP) is 1.94. The summed E-state index contributed by atoms with van der Waals surface area (Å²) < 4.78 is 10.2. The maximum Gasteiger partial charge on any atom is 0.163 e. The minimum absolute atomic E-state index is 0.114. The van der Waals surface area contributed by atoms with Gasteiger partial charge < -0.3 is 14.8 Å². The second-order valence-corrected chi connectivity index (χ2v) is 3.28. The van der Waals surface area contributed by atoms with Crippen LogP contribution in [0.1, 0.15) is 0 Å². The number of nitriles is 3. The second kappa shape index (κ2) is 6.54. The molecule has 19 heavy (non-hydrogen) atoms. The largest absolute Gasteiger partial charge is 0.493 e. The van der Waals surface area contributed by atoms with Crippen LogP contribution in [0.25, 0.3) is 0 Å². The normalized spacial score (nSPS) is 8.37. The number of hydrogen-bond donors (Lipinski definition) is 1. The van der Waals surface area contributed by atoms with Gasteiger partial charge in [-0.15, -0.1) is 0 Å². The summed E-state index contributed by atoms with van der Waals surface area (Å²) in [5.41, 5.74) is 0.117. The van der Waals surface area contributed by atoms with E-state index in [1.54, 1.807) is 36.4 Å². The number of nitrogens with zero attached hydrogens (tertiary/aromatic N) is 3. The van der Waals surface area contributed by atoms with Crippen molar-refractivity contribution in [2.75, 3.05) is 19.5 Å². The van der Waals surface area contributed by atoms with Crippen molar-refractivity contribution in [3.8, 4) is 29.7 Å². The fourth-order valence-corrected chi connectivity index (χ4v) is 1.34. The molecule has 0 aliphatic carbocycles. The van der Waals surface area contributed by atoms with Crippen LogP contribution in [0.15, 0.2) is 29.5 Å². The highest BCUT2D eigenvalue weighted by Gasteiger charge is 2.09.